The van der Waals surface area contributed by atoms with E-state index < -0.39 is 10.8 Å². The maximum Gasteiger partial charge on any atom is 0.237 e. The molecule has 2 fully saturated rings. The second-order valence-corrected chi connectivity index (χ2v) is 14.0. The normalized spacial score (nSPS) is 26.5. The number of hydrogen-bond acceptors (Lipinski definition) is 6. The molecule has 4 aromatic rings. The van der Waals surface area contributed by atoms with Crippen molar-refractivity contribution in [1.29, 1.82) is 0 Å². The molecule has 2 aliphatic carbocycles. The van der Waals surface area contributed by atoms with Gasteiger partial charge < -0.3 is 19.7 Å². The Hall–Kier alpha value is -3.35. The Morgan fingerprint density at radius 3 is 1.68 bits per heavy atom. The largest absolute Gasteiger partial charge is 0.396 e. The molecule has 4 aliphatic rings. The average Bonchev–Trinajstić information content (AvgIpc) is 3.33. The molecule has 2 aliphatic heterocycles. The molecule has 4 heterocycles. The number of nitrogens with zero attached hydrogens (tertiary/aromatic N) is 4. The van der Waals surface area contributed by atoms with Gasteiger partial charge in [0.25, 0.3) is 0 Å². The number of rotatable bonds is 2. The lowest BCUT2D eigenvalue weighted by Crippen LogP contribution is -2.49. The Bertz CT molecular complexity index is 1940. The minimum atomic E-state index is -0.659. The Morgan fingerprint density at radius 2 is 1.27 bits per heavy atom. The molecule has 226 valence electrons. The molecule has 44 heavy (non-hydrogen) atoms. The molecular formula is C32H26Br2F2N4O4. The number of pyridine rings is 2. The third-order valence-corrected chi connectivity index (χ3v) is 11.0. The summed E-state index contributed by atoms with van der Waals surface area (Å²) in [5.41, 5.74) is 3.17. The second-order valence-electron chi connectivity index (χ2n) is 12.3. The Kier molecular flexibility index (Phi) is 6.73. The molecule has 12 heteroatoms. The number of aldehydes is 1. The molecule has 8 rings (SSSR count). The van der Waals surface area contributed by atoms with Crippen LogP contribution in [0.5, 0.6) is 0 Å². The molecule has 2 amide bonds. The zero-order valence-corrected chi connectivity index (χ0v) is 26.9. The standard InChI is InChI=1S/C16H14BrFN2O2.C16H12BrFN2O2/c2*1-20-13-6-19-12-3-11(18)10(17)2-9(12)14(13)16(15(20)22)4-8(5-16)7-21/h2-3,6,8,21H,4-5,7H2,1H3;2-3,6-8H,4-5H2,1H3. The molecule has 2 saturated carbocycles. The first kappa shape index (κ1) is 29.4. The quantitative estimate of drug-likeness (QED) is 0.266. The number of amides is 2. The van der Waals surface area contributed by atoms with Crippen LogP contribution in [0.1, 0.15) is 36.8 Å². The lowest BCUT2D eigenvalue weighted by atomic mass is 9.59. The number of likely N-dealkylation sites (N-methyl/N-ethyl adjacent to an activating group) is 2. The number of halogens is 4. The first-order chi connectivity index (χ1) is 21.0. The lowest BCUT2D eigenvalue weighted by molar-refractivity contribution is -0.130. The van der Waals surface area contributed by atoms with Crippen LogP contribution < -0.4 is 9.80 Å². The topological polar surface area (TPSA) is 104 Å². The van der Waals surface area contributed by atoms with Crippen molar-refractivity contribution in [1.82, 2.24) is 9.97 Å². The molecule has 0 radical (unpaired) electrons. The van der Waals surface area contributed by atoms with Crippen LogP contribution in [0.25, 0.3) is 21.8 Å². The molecule has 2 spiro atoms. The van der Waals surface area contributed by atoms with E-state index in [9.17, 15) is 28.3 Å². The van der Waals surface area contributed by atoms with Crippen molar-refractivity contribution in [2.24, 2.45) is 11.8 Å². The van der Waals surface area contributed by atoms with Gasteiger partial charge in [0.15, 0.2) is 0 Å². The Morgan fingerprint density at radius 1 is 0.841 bits per heavy atom. The van der Waals surface area contributed by atoms with Gasteiger partial charge in [0.1, 0.15) is 17.9 Å². The third-order valence-electron chi connectivity index (χ3n) is 9.83. The maximum absolute atomic E-state index is 13.8. The van der Waals surface area contributed by atoms with Crippen LogP contribution in [0.3, 0.4) is 0 Å². The predicted molar refractivity (Wildman–Crippen MR) is 168 cm³/mol. The number of aromatic nitrogens is 2. The highest BCUT2D eigenvalue weighted by Gasteiger charge is 2.59. The zero-order valence-electron chi connectivity index (χ0n) is 23.7. The van der Waals surface area contributed by atoms with E-state index in [1.807, 2.05) is 0 Å². The predicted octanol–water partition coefficient (Wildman–Crippen LogP) is 5.71. The minimum absolute atomic E-state index is 0.00431. The van der Waals surface area contributed by atoms with Crippen LogP contribution in [0, 0.1) is 23.5 Å². The number of anilines is 2. The number of aliphatic hydroxyl groups excluding tert-OH is 1. The Labute approximate surface area is 267 Å². The number of carbonyl (C=O) groups is 3. The summed E-state index contributed by atoms with van der Waals surface area (Å²) in [7, 11) is 3.46. The summed E-state index contributed by atoms with van der Waals surface area (Å²) in [5, 5.41) is 10.9. The van der Waals surface area contributed by atoms with E-state index in [2.05, 4.69) is 41.8 Å². The highest BCUT2D eigenvalue weighted by Crippen LogP contribution is 2.58. The molecule has 2 aromatic carbocycles. The van der Waals surface area contributed by atoms with Gasteiger partial charge in [-0.05, 0) is 75.6 Å². The molecule has 2 aromatic heterocycles. The van der Waals surface area contributed by atoms with E-state index in [1.54, 1.807) is 48.4 Å². The lowest BCUT2D eigenvalue weighted by Gasteiger charge is -2.43. The van der Waals surface area contributed by atoms with Crippen LogP contribution in [0.2, 0.25) is 0 Å². The van der Waals surface area contributed by atoms with E-state index in [1.165, 1.54) is 12.1 Å². The molecule has 0 saturated heterocycles. The van der Waals surface area contributed by atoms with Crippen molar-refractivity contribution in [3.63, 3.8) is 0 Å². The molecular weight excluding hydrogens is 702 g/mol. The van der Waals surface area contributed by atoms with Crippen LogP contribution in [-0.4, -0.2) is 53.9 Å². The monoisotopic (exact) mass is 726 g/mol. The van der Waals surface area contributed by atoms with E-state index in [0.717, 1.165) is 39.6 Å². The summed E-state index contributed by atoms with van der Waals surface area (Å²) in [6.45, 7) is 0.0927. The highest BCUT2D eigenvalue weighted by molar-refractivity contribution is 9.10. The summed E-state index contributed by atoms with van der Waals surface area (Å²) in [6.07, 6.45) is 6.47. The minimum Gasteiger partial charge on any atom is -0.396 e. The van der Waals surface area contributed by atoms with Crippen molar-refractivity contribution >= 4 is 83.1 Å². The number of fused-ring (bicyclic) bond motifs is 8. The first-order valence-corrected chi connectivity index (χ1v) is 15.7. The van der Waals surface area contributed by atoms with Gasteiger partial charge >= 0.3 is 0 Å². The second kappa shape index (κ2) is 10.1. The third kappa shape index (κ3) is 3.89. The van der Waals surface area contributed by atoms with Gasteiger partial charge in [-0.25, -0.2) is 8.78 Å². The summed E-state index contributed by atoms with van der Waals surface area (Å²) < 4.78 is 28.2. The fourth-order valence-corrected chi connectivity index (χ4v) is 8.37. The number of hydrogen-bond donors (Lipinski definition) is 1. The fourth-order valence-electron chi connectivity index (χ4n) is 7.69. The van der Waals surface area contributed by atoms with Crippen molar-refractivity contribution in [3.8, 4) is 0 Å². The summed E-state index contributed by atoms with van der Waals surface area (Å²) in [6, 6.07) is 6.14. The summed E-state index contributed by atoms with van der Waals surface area (Å²) in [4.78, 5) is 48.3. The molecule has 0 atom stereocenters. The van der Waals surface area contributed by atoms with Gasteiger partial charge in [-0.2, -0.15) is 0 Å². The van der Waals surface area contributed by atoms with Gasteiger partial charge in [0.05, 0.1) is 54.6 Å². The maximum atomic E-state index is 13.8. The highest BCUT2D eigenvalue weighted by atomic mass is 79.9. The molecule has 1 N–H and O–H groups in total. The van der Waals surface area contributed by atoms with Gasteiger partial charge in [0, 0.05) is 60.7 Å². The number of aliphatic hydroxyl groups is 1. The van der Waals surface area contributed by atoms with Gasteiger partial charge in [-0.15, -0.1) is 0 Å². The molecule has 8 nitrogen and oxygen atoms in total. The average molecular weight is 728 g/mol. The van der Waals surface area contributed by atoms with E-state index >= 15 is 0 Å². The van der Waals surface area contributed by atoms with Crippen molar-refractivity contribution in [2.75, 3.05) is 30.5 Å². The van der Waals surface area contributed by atoms with E-state index in [4.69, 9.17) is 0 Å². The molecule has 0 unspecified atom stereocenters. The zero-order chi connectivity index (χ0) is 31.3. The first-order valence-electron chi connectivity index (χ1n) is 14.1. The van der Waals surface area contributed by atoms with E-state index in [0.29, 0.717) is 45.7 Å². The van der Waals surface area contributed by atoms with Gasteiger partial charge in [-0.1, -0.05) is 0 Å². The van der Waals surface area contributed by atoms with Crippen LogP contribution in [0.15, 0.2) is 45.6 Å². The van der Waals surface area contributed by atoms with Crippen molar-refractivity contribution < 1.29 is 28.3 Å². The number of benzene rings is 2. The van der Waals surface area contributed by atoms with Crippen LogP contribution in [0.4, 0.5) is 20.2 Å². The van der Waals surface area contributed by atoms with Crippen molar-refractivity contribution in [2.45, 2.75) is 36.5 Å². The fraction of sp³-hybridized carbons (Fsp3) is 0.344. The van der Waals surface area contributed by atoms with Crippen LogP contribution >= 0.6 is 31.9 Å². The van der Waals surface area contributed by atoms with Gasteiger partial charge in [-0.3, -0.25) is 19.6 Å². The van der Waals surface area contributed by atoms with Crippen LogP contribution in [-0.2, 0) is 25.2 Å². The van der Waals surface area contributed by atoms with E-state index in [-0.39, 0.29) is 41.9 Å². The Balaban J connectivity index is 0.000000142. The smallest absolute Gasteiger partial charge is 0.237 e. The SMILES string of the molecule is CN1C(=O)C2(CC(C=O)C2)c2c1cnc1cc(F)c(Br)cc21.CN1C(=O)C2(CC(CO)C2)c2c1cnc1cc(F)c(Br)cc21. The summed E-state index contributed by atoms with van der Waals surface area (Å²) in [5.74, 6) is -0.650. The summed E-state index contributed by atoms with van der Waals surface area (Å²) >= 11 is 6.42. The number of carbonyl (C=O) groups excluding carboxylic acids is 3. The molecule has 0 bridgehead atoms. The van der Waals surface area contributed by atoms with Crippen molar-refractivity contribution in [3.05, 3.63) is 68.4 Å². The van der Waals surface area contributed by atoms with Gasteiger partial charge in [0.2, 0.25) is 11.8 Å².